The maximum absolute atomic E-state index is 12.3. The summed E-state index contributed by atoms with van der Waals surface area (Å²) in [7, 11) is 0. The van der Waals surface area contributed by atoms with Gasteiger partial charge in [-0.15, -0.1) is 0 Å². The molecule has 0 unspecified atom stereocenters. The van der Waals surface area contributed by atoms with E-state index in [0.717, 1.165) is 0 Å². The zero-order valence-electron chi connectivity index (χ0n) is 6.90. The van der Waals surface area contributed by atoms with E-state index >= 15 is 0 Å². The van der Waals surface area contributed by atoms with Crippen LogP contribution in [0.2, 0.25) is 0 Å². The Balaban J connectivity index is 3.06. The molecule has 5 nitrogen and oxygen atoms in total. The first-order valence-corrected chi connectivity index (χ1v) is 4.29. The van der Waals surface area contributed by atoms with Crippen molar-refractivity contribution < 1.29 is 22.6 Å². The van der Waals surface area contributed by atoms with Gasteiger partial charge in [0, 0.05) is 0 Å². The van der Waals surface area contributed by atoms with Crippen LogP contribution in [0.15, 0.2) is 0 Å². The van der Waals surface area contributed by atoms with Crippen molar-refractivity contribution in [3.63, 3.8) is 0 Å². The molecule has 0 radical (unpaired) electrons. The molecule has 0 aromatic carbocycles. The van der Waals surface area contributed by atoms with E-state index < -0.39 is 36.9 Å². The molecule has 0 N–H and O–H groups in total. The smallest absolute Gasteiger partial charge is 0.240 e. The molecule has 0 aromatic rings. The van der Waals surface area contributed by atoms with Crippen LogP contribution in [-0.2, 0) is 20.8 Å². The Morgan fingerprint density at radius 3 is 1.86 bits per heavy atom. The topological polar surface area (TPSA) is 57.7 Å². The van der Waals surface area contributed by atoms with Crippen LogP contribution in [0, 0.1) is 0 Å². The minimum absolute atomic E-state index is 0.285. The Morgan fingerprint density at radius 2 is 1.57 bits per heavy atom. The van der Waals surface area contributed by atoms with Crippen molar-refractivity contribution in [2.24, 2.45) is 0 Å². The Hall–Kier alpha value is -1.31. The second-order valence-electron chi connectivity index (χ2n) is 2.43. The van der Waals surface area contributed by atoms with Crippen molar-refractivity contribution in [3.8, 4) is 0 Å². The molecule has 0 atom stereocenters. The second-order valence-corrected chi connectivity index (χ2v) is 2.96. The summed E-state index contributed by atoms with van der Waals surface area (Å²) in [6.07, 6.45) is -0.613. The van der Waals surface area contributed by atoms with E-state index in [2.05, 4.69) is 0 Å². The average Bonchev–Trinajstić information content (AvgIpc) is 2.16. The largest absolute Gasteiger partial charge is 0.274 e. The summed E-state index contributed by atoms with van der Waals surface area (Å²) >= 11 is -0.285. The maximum atomic E-state index is 12.3. The van der Waals surface area contributed by atoms with Crippen LogP contribution in [0.3, 0.4) is 0 Å². The molecule has 1 rings (SSSR count). The predicted octanol–water partition coefficient (Wildman–Crippen LogP) is -0.798. The molecule has 0 bridgehead atoms. The van der Waals surface area contributed by atoms with E-state index in [1.54, 1.807) is 0 Å². The van der Waals surface area contributed by atoms with Crippen LogP contribution in [0.1, 0.15) is 6.42 Å². The van der Waals surface area contributed by atoms with Gasteiger partial charge in [-0.25, -0.2) is 13.0 Å². The molecule has 1 aliphatic heterocycles. The summed E-state index contributed by atoms with van der Waals surface area (Å²) in [6.45, 7) is -2.49. The molecule has 0 spiro atoms. The number of amides is 2. The van der Waals surface area contributed by atoms with Gasteiger partial charge >= 0.3 is 0 Å². The zero-order valence-corrected chi connectivity index (χ0v) is 7.72. The fraction of sp³-hybridized carbons (Fsp3) is 0.500. The van der Waals surface area contributed by atoms with Crippen LogP contribution in [0.5, 0.6) is 0 Å². The fourth-order valence-electron chi connectivity index (χ4n) is 1.00. The average molecular weight is 224 g/mol. The van der Waals surface area contributed by atoms with Gasteiger partial charge in [0.05, 0.1) is 0 Å². The van der Waals surface area contributed by atoms with Gasteiger partial charge in [-0.1, -0.05) is 0 Å². The maximum Gasteiger partial charge on any atom is 0.240 e. The van der Waals surface area contributed by atoms with Gasteiger partial charge in [-0.05, 0) is 0 Å². The summed E-state index contributed by atoms with van der Waals surface area (Å²) < 4.78 is 35.0. The first kappa shape index (κ1) is 10.8. The number of carbonyl (C=O) groups is 2. The Labute approximate surface area is 81.3 Å². The van der Waals surface area contributed by atoms with Crippen molar-refractivity contribution >= 4 is 28.2 Å². The van der Waals surface area contributed by atoms with Gasteiger partial charge in [-0.3, -0.25) is 19.4 Å². The van der Waals surface area contributed by atoms with Crippen LogP contribution >= 0.6 is 0 Å². The van der Waals surface area contributed by atoms with Crippen LogP contribution < -0.4 is 0 Å². The minimum Gasteiger partial charge on any atom is -0.274 e. The number of nitrogens with zero attached hydrogens (tertiary/aromatic N) is 2. The SMILES string of the molecule is O=S=C1N(CF)C(=O)CC(=O)N1CF. The van der Waals surface area contributed by atoms with Crippen molar-refractivity contribution in [1.29, 1.82) is 0 Å². The molecule has 1 fully saturated rings. The molecule has 8 heteroatoms. The van der Waals surface area contributed by atoms with E-state index in [1.807, 2.05) is 0 Å². The van der Waals surface area contributed by atoms with Gasteiger partial charge < -0.3 is 0 Å². The van der Waals surface area contributed by atoms with E-state index in [0.29, 0.717) is 9.80 Å². The third kappa shape index (κ3) is 1.65. The van der Waals surface area contributed by atoms with E-state index in [9.17, 15) is 22.6 Å². The Kier molecular flexibility index (Phi) is 3.28. The molecular formula is C6H6F2N2O3S. The number of rotatable bonds is 2. The first-order chi connectivity index (χ1) is 6.65. The zero-order chi connectivity index (χ0) is 10.7. The Morgan fingerprint density at radius 1 is 1.14 bits per heavy atom. The fourth-order valence-corrected chi connectivity index (χ4v) is 1.49. The molecule has 78 valence electrons. The van der Waals surface area contributed by atoms with Crippen molar-refractivity contribution in [1.82, 2.24) is 9.80 Å². The van der Waals surface area contributed by atoms with Gasteiger partial charge in [-0.2, -0.15) is 0 Å². The molecule has 0 aliphatic carbocycles. The summed E-state index contributed by atoms with van der Waals surface area (Å²) in [5, 5.41) is -0.545. The van der Waals surface area contributed by atoms with E-state index in [1.165, 1.54) is 0 Å². The standard InChI is InChI=1S/C6H6F2N2O3S/c7-2-9-4(11)1-5(12)10(3-8)6(9)14-13/h1-3H2. The monoisotopic (exact) mass is 224 g/mol. The lowest BCUT2D eigenvalue weighted by Crippen LogP contribution is -2.55. The highest BCUT2D eigenvalue weighted by Gasteiger charge is 2.35. The minimum atomic E-state index is -1.24. The van der Waals surface area contributed by atoms with Crippen LogP contribution in [0.4, 0.5) is 8.78 Å². The third-order valence-electron chi connectivity index (χ3n) is 1.68. The van der Waals surface area contributed by atoms with Crippen molar-refractivity contribution in [2.75, 3.05) is 13.6 Å². The first-order valence-electron chi connectivity index (χ1n) is 3.55. The summed E-state index contributed by atoms with van der Waals surface area (Å²) in [4.78, 5) is 22.9. The Bertz CT molecular complexity index is 305. The highest BCUT2D eigenvalue weighted by atomic mass is 32.1. The summed E-state index contributed by atoms with van der Waals surface area (Å²) in [5.74, 6) is -1.67. The highest BCUT2D eigenvalue weighted by Crippen LogP contribution is 2.11. The molecule has 1 saturated heterocycles. The molecule has 2 amide bonds. The number of hydrogen-bond acceptors (Lipinski definition) is 3. The second kappa shape index (κ2) is 4.27. The van der Waals surface area contributed by atoms with Gasteiger partial charge in [0.15, 0.2) is 13.6 Å². The highest BCUT2D eigenvalue weighted by molar-refractivity contribution is 7.66. The quantitative estimate of drug-likeness (QED) is 0.350. The van der Waals surface area contributed by atoms with E-state index in [-0.39, 0.29) is 11.3 Å². The van der Waals surface area contributed by atoms with Crippen LogP contribution in [-0.4, -0.2) is 44.5 Å². The van der Waals surface area contributed by atoms with E-state index in [4.69, 9.17) is 0 Å². The molecule has 1 aliphatic rings. The lowest BCUT2D eigenvalue weighted by molar-refractivity contribution is -0.142. The molecule has 1 heterocycles. The number of halogens is 2. The molecular weight excluding hydrogens is 218 g/mol. The van der Waals surface area contributed by atoms with Gasteiger partial charge in [0.25, 0.3) is 0 Å². The lowest BCUT2D eigenvalue weighted by Gasteiger charge is -2.31. The predicted molar refractivity (Wildman–Crippen MR) is 43.4 cm³/mol. The normalized spacial score (nSPS) is 17.7. The lowest BCUT2D eigenvalue weighted by atomic mass is 10.3. The van der Waals surface area contributed by atoms with Crippen molar-refractivity contribution in [2.45, 2.75) is 6.42 Å². The molecule has 14 heavy (non-hydrogen) atoms. The molecule has 0 saturated carbocycles. The number of carbonyl (C=O) groups excluding carboxylic acids is 2. The number of alkyl halides is 2. The van der Waals surface area contributed by atoms with Gasteiger partial charge in [0.1, 0.15) is 17.7 Å². The number of hydrogen-bond donors (Lipinski definition) is 0. The summed E-state index contributed by atoms with van der Waals surface area (Å²) in [6, 6.07) is 0. The van der Waals surface area contributed by atoms with Crippen molar-refractivity contribution in [3.05, 3.63) is 0 Å². The third-order valence-corrected chi connectivity index (χ3v) is 2.27. The van der Waals surface area contributed by atoms with Gasteiger partial charge in [0.2, 0.25) is 16.9 Å². The van der Waals surface area contributed by atoms with Crippen LogP contribution in [0.25, 0.3) is 0 Å². The summed E-state index contributed by atoms with van der Waals surface area (Å²) in [5.41, 5.74) is 0. The molecule has 0 aromatic heterocycles.